The minimum absolute atomic E-state index is 0.0770. The minimum atomic E-state index is -4.74. The van der Waals surface area contributed by atoms with Gasteiger partial charge in [-0.15, -0.1) is 0 Å². The highest BCUT2D eigenvalue weighted by molar-refractivity contribution is 5.86. The van der Waals surface area contributed by atoms with Gasteiger partial charge in [-0.2, -0.15) is 18.4 Å². The summed E-state index contributed by atoms with van der Waals surface area (Å²) in [6.45, 7) is -0.0770. The molecular formula is C23H19F3N4O2. The van der Waals surface area contributed by atoms with Gasteiger partial charge in [0.25, 0.3) is 0 Å². The van der Waals surface area contributed by atoms with Crippen molar-refractivity contribution >= 4 is 17.5 Å². The minimum Gasteiger partial charge on any atom is -0.444 e. The van der Waals surface area contributed by atoms with Crippen LogP contribution in [0.1, 0.15) is 34.5 Å². The Morgan fingerprint density at radius 1 is 1.19 bits per heavy atom. The highest BCUT2D eigenvalue weighted by Gasteiger charge is 2.35. The molecule has 0 unspecified atom stereocenters. The van der Waals surface area contributed by atoms with Gasteiger partial charge in [0.2, 0.25) is 0 Å². The summed E-state index contributed by atoms with van der Waals surface area (Å²) in [6, 6.07) is 14.3. The lowest BCUT2D eigenvalue weighted by Crippen LogP contribution is -2.18. The van der Waals surface area contributed by atoms with Gasteiger partial charge in [-0.05, 0) is 48.6 Å². The van der Waals surface area contributed by atoms with E-state index in [2.05, 4.69) is 5.32 Å². The molecule has 0 fully saturated rings. The Morgan fingerprint density at radius 3 is 2.62 bits per heavy atom. The van der Waals surface area contributed by atoms with E-state index in [4.69, 9.17) is 10.5 Å². The van der Waals surface area contributed by atoms with Crippen LogP contribution in [-0.4, -0.2) is 10.7 Å². The summed E-state index contributed by atoms with van der Waals surface area (Å²) in [7, 11) is 0. The first kappa shape index (κ1) is 21.3. The van der Waals surface area contributed by atoms with E-state index in [1.54, 1.807) is 30.3 Å². The summed E-state index contributed by atoms with van der Waals surface area (Å²) in [6.07, 6.45) is -3.63. The van der Waals surface area contributed by atoms with Gasteiger partial charge in [0, 0.05) is 11.4 Å². The summed E-state index contributed by atoms with van der Waals surface area (Å²) in [5.74, 6) is 0. The van der Waals surface area contributed by atoms with Crippen molar-refractivity contribution < 1.29 is 22.7 Å². The number of fused-ring (bicyclic) bond motifs is 1. The van der Waals surface area contributed by atoms with E-state index >= 15 is 0 Å². The lowest BCUT2D eigenvalue weighted by Gasteiger charge is -2.17. The molecular weight excluding hydrogens is 421 g/mol. The van der Waals surface area contributed by atoms with E-state index in [1.807, 2.05) is 6.07 Å². The molecule has 0 saturated heterocycles. The Balaban J connectivity index is 1.65. The van der Waals surface area contributed by atoms with Gasteiger partial charge >= 0.3 is 12.3 Å². The molecule has 4 rings (SSSR count). The number of rotatable bonds is 4. The zero-order valence-corrected chi connectivity index (χ0v) is 16.9. The number of amides is 1. The molecule has 0 bridgehead atoms. The molecule has 164 valence electrons. The number of nitrogens with two attached hydrogens (primary N) is 1. The van der Waals surface area contributed by atoms with E-state index < -0.39 is 23.5 Å². The van der Waals surface area contributed by atoms with Crippen molar-refractivity contribution in [2.24, 2.45) is 0 Å². The predicted octanol–water partition coefficient (Wildman–Crippen LogP) is 5.19. The topological polar surface area (TPSA) is 93.1 Å². The molecule has 9 heteroatoms. The Kier molecular flexibility index (Phi) is 5.53. The van der Waals surface area contributed by atoms with Crippen LogP contribution in [-0.2, 0) is 30.4 Å². The molecule has 0 atom stereocenters. The maximum absolute atomic E-state index is 13.8. The number of hydrogen-bond acceptors (Lipinski definition) is 4. The fourth-order valence-electron chi connectivity index (χ4n) is 3.94. The predicted molar refractivity (Wildman–Crippen MR) is 112 cm³/mol. The number of carbonyl (C=O) groups excluding carboxylic acids is 1. The van der Waals surface area contributed by atoms with E-state index in [-0.39, 0.29) is 18.0 Å². The van der Waals surface area contributed by atoms with Crippen LogP contribution >= 0.6 is 0 Å². The maximum Gasteiger partial charge on any atom is 0.418 e. The third-order valence-electron chi connectivity index (χ3n) is 5.38. The molecule has 3 aromatic rings. The number of halogens is 3. The van der Waals surface area contributed by atoms with Crippen molar-refractivity contribution in [2.45, 2.75) is 32.0 Å². The zero-order chi connectivity index (χ0) is 22.9. The molecule has 2 aromatic carbocycles. The number of nitrogens with zero attached hydrogens (tertiary/aromatic N) is 2. The summed E-state index contributed by atoms with van der Waals surface area (Å²) >= 11 is 0. The van der Waals surface area contributed by atoms with Gasteiger partial charge < -0.3 is 15.0 Å². The van der Waals surface area contributed by atoms with Crippen molar-refractivity contribution in [3.8, 4) is 11.8 Å². The lowest BCUT2D eigenvalue weighted by atomic mass is 10.1. The standard InChI is InChI=1S/C23H19F3N4O2/c24-23(25,26)17-11-15(30-19-8-4-7-16(19)21(28)20(30)12-27)9-10-18(17)29-22(31)32-13-14-5-2-1-3-6-14/h1-3,5-6,9-11H,4,7-8,13,28H2,(H,29,31). The van der Waals surface area contributed by atoms with Crippen LogP contribution in [0.25, 0.3) is 5.69 Å². The van der Waals surface area contributed by atoms with Gasteiger partial charge in [0.05, 0.1) is 16.9 Å². The fraction of sp³-hybridized carbons (Fsp3) is 0.217. The van der Waals surface area contributed by atoms with Crippen molar-refractivity contribution in [2.75, 3.05) is 11.1 Å². The maximum atomic E-state index is 13.8. The largest absolute Gasteiger partial charge is 0.444 e. The van der Waals surface area contributed by atoms with Crippen molar-refractivity contribution in [1.29, 1.82) is 5.26 Å². The second-order valence-corrected chi connectivity index (χ2v) is 7.40. The third kappa shape index (κ3) is 3.99. The zero-order valence-electron chi connectivity index (χ0n) is 16.9. The summed E-state index contributed by atoms with van der Waals surface area (Å²) in [5, 5.41) is 11.7. The molecule has 1 heterocycles. The van der Waals surface area contributed by atoms with Gasteiger partial charge in [-0.25, -0.2) is 4.79 Å². The molecule has 1 aliphatic rings. The van der Waals surface area contributed by atoms with Gasteiger partial charge in [-0.3, -0.25) is 5.32 Å². The Morgan fingerprint density at radius 2 is 1.94 bits per heavy atom. The number of carbonyl (C=O) groups is 1. The number of nitriles is 1. The fourth-order valence-corrected chi connectivity index (χ4v) is 3.94. The van der Waals surface area contributed by atoms with Crippen LogP contribution in [0.15, 0.2) is 48.5 Å². The molecule has 0 aliphatic heterocycles. The Hall–Kier alpha value is -3.93. The van der Waals surface area contributed by atoms with E-state index in [0.29, 0.717) is 24.1 Å². The lowest BCUT2D eigenvalue weighted by molar-refractivity contribution is -0.136. The van der Waals surface area contributed by atoms with E-state index in [0.717, 1.165) is 29.8 Å². The quantitative estimate of drug-likeness (QED) is 0.584. The molecule has 1 aromatic heterocycles. The number of hydrogen-bond donors (Lipinski definition) is 2. The number of anilines is 2. The van der Waals surface area contributed by atoms with Crippen LogP contribution in [0.2, 0.25) is 0 Å². The van der Waals surface area contributed by atoms with Crippen LogP contribution in [0.3, 0.4) is 0 Å². The summed E-state index contributed by atoms with van der Waals surface area (Å²) < 4.78 is 48.0. The molecule has 1 aliphatic carbocycles. The molecule has 32 heavy (non-hydrogen) atoms. The number of nitrogens with one attached hydrogen (secondary N) is 1. The monoisotopic (exact) mass is 440 g/mol. The highest BCUT2D eigenvalue weighted by Crippen LogP contribution is 2.39. The number of benzene rings is 2. The first-order valence-corrected chi connectivity index (χ1v) is 9.91. The SMILES string of the molecule is N#Cc1c(N)c2c(n1-c1ccc(NC(=O)OCc3ccccc3)c(C(F)(F)F)c1)CCC2. The molecule has 1 amide bonds. The van der Waals surface area contributed by atoms with Gasteiger partial charge in [0.15, 0.2) is 0 Å². The molecule has 6 nitrogen and oxygen atoms in total. The van der Waals surface area contributed by atoms with Crippen molar-refractivity contribution in [3.63, 3.8) is 0 Å². The Labute approximate surface area is 182 Å². The summed E-state index contributed by atoms with van der Waals surface area (Å²) in [5.41, 5.74) is 7.42. The molecule has 3 N–H and O–H groups in total. The van der Waals surface area contributed by atoms with Crippen LogP contribution in [0.4, 0.5) is 29.3 Å². The average molecular weight is 440 g/mol. The molecule has 0 saturated carbocycles. The third-order valence-corrected chi connectivity index (χ3v) is 5.38. The van der Waals surface area contributed by atoms with E-state index in [9.17, 15) is 23.2 Å². The number of alkyl halides is 3. The second kappa shape index (κ2) is 8.30. The van der Waals surface area contributed by atoms with E-state index in [1.165, 1.54) is 10.6 Å². The van der Waals surface area contributed by atoms with Crippen molar-refractivity contribution in [1.82, 2.24) is 4.57 Å². The van der Waals surface area contributed by atoms with Gasteiger partial charge in [0.1, 0.15) is 18.4 Å². The number of aromatic nitrogens is 1. The van der Waals surface area contributed by atoms with Crippen LogP contribution in [0, 0.1) is 11.3 Å². The summed E-state index contributed by atoms with van der Waals surface area (Å²) in [4.78, 5) is 12.1. The normalized spacial score (nSPS) is 12.8. The number of ether oxygens (including phenoxy) is 1. The second-order valence-electron chi connectivity index (χ2n) is 7.40. The first-order valence-electron chi connectivity index (χ1n) is 9.91. The highest BCUT2D eigenvalue weighted by atomic mass is 19.4. The smallest absolute Gasteiger partial charge is 0.418 e. The molecule has 0 spiro atoms. The van der Waals surface area contributed by atoms with Gasteiger partial charge in [-0.1, -0.05) is 30.3 Å². The van der Waals surface area contributed by atoms with Crippen LogP contribution in [0.5, 0.6) is 0 Å². The molecule has 0 radical (unpaired) electrons. The Bertz CT molecular complexity index is 1210. The first-order chi connectivity index (χ1) is 15.3. The van der Waals surface area contributed by atoms with Crippen molar-refractivity contribution in [3.05, 3.63) is 76.6 Å². The number of nitrogen functional groups attached to an aromatic ring is 1. The average Bonchev–Trinajstić information content (AvgIpc) is 3.34. The van der Waals surface area contributed by atoms with Crippen LogP contribution < -0.4 is 11.1 Å².